The minimum atomic E-state index is 0.852. The Kier molecular flexibility index (Phi) is 2.82. The maximum absolute atomic E-state index is 4.65. The molecule has 3 aromatic rings. The third-order valence-corrected chi connectivity index (χ3v) is 4.25. The number of aromatic amines is 3. The summed E-state index contributed by atoms with van der Waals surface area (Å²) in [5.41, 5.74) is 6.45. The van der Waals surface area contributed by atoms with E-state index in [0.29, 0.717) is 0 Å². The first kappa shape index (κ1) is 13.2. The Hall–Kier alpha value is -3.27. The lowest BCUT2D eigenvalue weighted by molar-refractivity contribution is 1.04. The molecule has 8 bridgehead atoms. The van der Waals surface area contributed by atoms with E-state index in [1.165, 1.54) is 11.4 Å². The van der Waals surface area contributed by atoms with Crippen LogP contribution in [0, 0.1) is 0 Å². The number of hydrogen-bond donors (Lipinski definition) is 3. The summed E-state index contributed by atoms with van der Waals surface area (Å²) in [5, 5.41) is 2.12. The molecule has 0 aromatic carbocycles. The Morgan fingerprint density at radius 2 is 1.38 bits per heavy atom. The fourth-order valence-corrected chi connectivity index (χ4v) is 3.14. The molecule has 0 saturated heterocycles. The van der Waals surface area contributed by atoms with Gasteiger partial charge in [-0.15, -0.1) is 0 Å². The minimum absolute atomic E-state index is 0.852. The van der Waals surface area contributed by atoms with Crippen molar-refractivity contribution >= 4 is 23.9 Å². The third-order valence-electron chi connectivity index (χ3n) is 4.25. The summed E-state index contributed by atoms with van der Waals surface area (Å²) in [6, 6.07) is 12.6. The highest BCUT2D eigenvalue weighted by atomic mass is 14.8. The van der Waals surface area contributed by atoms with Crippen molar-refractivity contribution in [1.29, 1.82) is 0 Å². The number of allylic oxidation sites excluding steroid dienone is 2. The van der Waals surface area contributed by atoms with E-state index < -0.39 is 0 Å². The van der Waals surface area contributed by atoms with Gasteiger partial charge in [-0.1, -0.05) is 0 Å². The van der Waals surface area contributed by atoms with E-state index in [4.69, 9.17) is 0 Å². The summed E-state index contributed by atoms with van der Waals surface area (Å²) < 4.78 is 0. The Morgan fingerprint density at radius 3 is 2.17 bits per heavy atom. The van der Waals surface area contributed by atoms with Crippen LogP contribution in [0.25, 0.3) is 18.2 Å². The molecule has 0 fully saturated rings. The summed E-state index contributed by atoms with van der Waals surface area (Å²) in [6.07, 6.45) is 11.2. The van der Waals surface area contributed by atoms with Crippen molar-refractivity contribution in [2.75, 3.05) is 0 Å². The topological polar surface area (TPSA) is 59.7 Å². The molecule has 0 amide bonds. The molecule has 0 unspecified atom stereocenters. The summed E-state index contributed by atoms with van der Waals surface area (Å²) in [5.74, 6) is 0. The minimum Gasteiger partial charge on any atom is -0.359 e. The Bertz CT molecular complexity index is 1130. The summed E-state index contributed by atoms with van der Waals surface area (Å²) >= 11 is 0. The zero-order valence-corrected chi connectivity index (χ0v) is 13.0. The number of nitrogens with one attached hydrogen (secondary N) is 3. The van der Waals surface area contributed by atoms with Crippen LogP contribution in [0.5, 0.6) is 0 Å². The van der Waals surface area contributed by atoms with Crippen LogP contribution in [-0.4, -0.2) is 20.7 Å². The zero-order valence-electron chi connectivity index (χ0n) is 13.0. The molecular formula is C20H16N4. The molecule has 0 aliphatic carbocycles. The van der Waals surface area contributed by atoms with Gasteiger partial charge in [0.05, 0.1) is 11.4 Å². The molecule has 116 valence electrons. The second kappa shape index (κ2) is 5.13. The van der Waals surface area contributed by atoms with Crippen LogP contribution in [-0.2, 0) is 6.42 Å². The highest BCUT2D eigenvalue weighted by molar-refractivity contribution is 6.19. The van der Waals surface area contributed by atoms with Gasteiger partial charge in [0.15, 0.2) is 0 Å². The highest BCUT2D eigenvalue weighted by Gasteiger charge is 2.05. The van der Waals surface area contributed by atoms with Crippen LogP contribution in [0.2, 0.25) is 0 Å². The van der Waals surface area contributed by atoms with Gasteiger partial charge in [0.25, 0.3) is 0 Å². The fraction of sp³-hybridized carbons (Fsp3) is 0.0500. The van der Waals surface area contributed by atoms with Gasteiger partial charge < -0.3 is 15.0 Å². The van der Waals surface area contributed by atoms with Crippen LogP contribution in [0.4, 0.5) is 0 Å². The van der Waals surface area contributed by atoms with Crippen molar-refractivity contribution in [3.8, 4) is 0 Å². The van der Waals surface area contributed by atoms with Gasteiger partial charge in [0.1, 0.15) is 0 Å². The van der Waals surface area contributed by atoms with Crippen LogP contribution in [0.1, 0.15) is 22.8 Å². The number of aromatic nitrogens is 3. The van der Waals surface area contributed by atoms with Gasteiger partial charge in [0.2, 0.25) is 0 Å². The molecular weight excluding hydrogens is 296 g/mol. The second-order valence-electron chi connectivity index (χ2n) is 6.15. The molecule has 24 heavy (non-hydrogen) atoms. The first-order valence-corrected chi connectivity index (χ1v) is 8.03. The van der Waals surface area contributed by atoms with Crippen molar-refractivity contribution < 1.29 is 0 Å². The average molecular weight is 312 g/mol. The molecule has 0 spiro atoms. The highest BCUT2D eigenvalue weighted by Crippen LogP contribution is 2.16. The molecule has 5 heterocycles. The van der Waals surface area contributed by atoms with E-state index >= 15 is 0 Å². The van der Waals surface area contributed by atoms with E-state index in [1.807, 2.05) is 12.2 Å². The molecule has 0 radical (unpaired) electrons. The Morgan fingerprint density at radius 1 is 0.667 bits per heavy atom. The van der Waals surface area contributed by atoms with Crippen LogP contribution >= 0.6 is 0 Å². The third kappa shape index (κ3) is 2.48. The van der Waals surface area contributed by atoms with E-state index in [9.17, 15) is 0 Å². The SMILES string of the molecule is C1=C/C2=C/c3ccc([nH]3)Cc3ccc([nH]3)/C=c3/cc/c([nH]3)=C/C1=N2. The molecule has 3 N–H and O–H groups in total. The van der Waals surface area contributed by atoms with Crippen molar-refractivity contribution in [3.63, 3.8) is 0 Å². The lowest BCUT2D eigenvalue weighted by Crippen LogP contribution is -2.10. The number of fused-ring (bicyclic) bond motifs is 7. The maximum Gasteiger partial charge on any atom is 0.0658 e. The molecule has 4 nitrogen and oxygen atoms in total. The average Bonchev–Trinajstić information content (AvgIpc) is 3.32. The van der Waals surface area contributed by atoms with Crippen molar-refractivity contribution in [2.24, 2.45) is 4.99 Å². The summed E-state index contributed by atoms with van der Waals surface area (Å²) in [4.78, 5) is 15.0. The maximum atomic E-state index is 4.65. The molecule has 0 saturated carbocycles. The number of aliphatic imine (C=N–C) groups is 1. The fourth-order valence-electron chi connectivity index (χ4n) is 3.14. The monoisotopic (exact) mass is 312 g/mol. The standard InChI is InChI=1S/C20H16N4/c1-2-14-10-16-5-6-18(23-16)12-20-8-7-19(24-20)11-17-4-3-15(22-17)9-13(1)21-14/h1-11,21,23-24H,12H2/b13-9-,14-10-,17-11-. The zero-order chi connectivity index (χ0) is 15.9. The van der Waals surface area contributed by atoms with Crippen LogP contribution in [0.15, 0.2) is 59.2 Å². The van der Waals surface area contributed by atoms with E-state index in [-0.39, 0.29) is 0 Å². The molecule has 4 heteroatoms. The van der Waals surface area contributed by atoms with Crippen LogP contribution < -0.4 is 10.7 Å². The normalized spacial score (nSPS) is 20.5. The number of nitrogens with zero attached hydrogens (tertiary/aromatic N) is 1. The molecule has 0 atom stereocenters. The van der Waals surface area contributed by atoms with Crippen molar-refractivity contribution in [1.82, 2.24) is 15.0 Å². The molecule has 3 aromatic heterocycles. The van der Waals surface area contributed by atoms with Crippen molar-refractivity contribution in [2.45, 2.75) is 6.42 Å². The van der Waals surface area contributed by atoms with E-state index in [1.54, 1.807) is 0 Å². The predicted molar refractivity (Wildman–Crippen MR) is 97.0 cm³/mol. The first-order chi connectivity index (χ1) is 11.8. The lowest BCUT2D eigenvalue weighted by Gasteiger charge is -1.96. The number of rotatable bonds is 0. The first-order valence-electron chi connectivity index (χ1n) is 8.03. The largest absolute Gasteiger partial charge is 0.359 e. The number of H-pyrrole nitrogens is 3. The van der Waals surface area contributed by atoms with Gasteiger partial charge >= 0.3 is 0 Å². The number of hydrogen-bond acceptors (Lipinski definition) is 1. The molecule has 5 rings (SSSR count). The summed E-state index contributed by atoms with van der Waals surface area (Å²) in [6.45, 7) is 0. The van der Waals surface area contributed by atoms with E-state index in [0.717, 1.165) is 39.9 Å². The van der Waals surface area contributed by atoms with E-state index in [2.05, 4.69) is 74.6 Å². The molecule has 2 aliphatic heterocycles. The smallest absolute Gasteiger partial charge is 0.0658 e. The van der Waals surface area contributed by atoms with Gasteiger partial charge in [0, 0.05) is 39.9 Å². The summed E-state index contributed by atoms with van der Waals surface area (Å²) in [7, 11) is 0. The van der Waals surface area contributed by atoms with Gasteiger partial charge in [-0.2, -0.15) is 0 Å². The van der Waals surface area contributed by atoms with Gasteiger partial charge in [-0.05, 0) is 66.8 Å². The Labute approximate surface area is 138 Å². The second-order valence-corrected chi connectivity index (χ2v) is 6.15. The molecule has 2 aliphatic rings. The van der Waals surface area contributed by atoms with Gasteiger partial charge in [-0.25, -0.2) is 4.99 Å². The van der Waals surface area contributed by atoms with Gasteiger partial charge in [-0.3, -0.25) is 0 Å². The predicted octanol–water partition coefficient (Wildman–Crippen LogP) is 2.24. The Balaban J connectivity index is 1.70. The lowest BCUT2D eigenvalue weighted by atomic mass is 10.2. The quantitative estimate of drug-likeness (QED) is 0.570. The van der Waals surface area contributed by atoms with Crippen LogP contribution in [0.3, 0.4) is 0 Å². The van der Waals surface area contributed by atoms with Crippen molar-refractivity contribution in [3.05, 3.63) is 87.7 Å².